The second kappa shape index (κ2) is 9.28. The molecule has 1 amide bonds. The number of ether oxygens (including phenoxy) is 2. The molecule has 0 aromatic carbocycles. The van der Waals surface area contributed by atoms with Crippen molar-refractivity contribution in [1.29, 1.82) is 0 Å². The summed E-state index contributed by atoms with van der Waals surface area (Å²) < 4.78 is 10.1. The molecule has 0 aliphatic rings. The van der Waals surface area contributed by atoms with Crippen molar-refractivity contribution in [3.8, 4) is 0 Å². The molecule has 7 nitrogen and oxygen atoms in total. The number of nitrogens with one attached hydrogen (secondary N) is 1. The fourth-order valence-electron chi connectivity index (χ4n) is 1.94. The van der Waals surface area contributed by atoms with Crippen LogP contribution >= 0.6 is 0 Å². The molecule has 0 aliphatic carbocycles. The average Bonchev–Trinajstić information content (AvgIpc) is 2.50. The molecule has 0 bridgehead atoms. The minimum atomic E-state index is -0.122. The molecule has 0 fully saturated rings. The number of carbonyl (C=O) groups is 1. The summed E-state index contributed by atoms with van der Waals surface area (Å²) in [6.07, 6.45) is 2.31. The summed E-state index contributed by atoms with van der Waals surface area (Å²) in [7, 11) is 3.25. The quantitative estimate of drug-likeness (QED) is 0.398. The van der Waals surface area contributed by atoms with E-state index in [1.807, 2.05) is 6.92 Å². The molecule has 1 heterocycles. The number of pyridine rings is 1. The molecule has 0 saturated carbocycles. The molecule has 3 N–H and O–H groups in total. The third-order valence-electron chi connectivity index (χ3n) is 3.06. The van der Waals surface area contributed by atoms with Gasteiger partial charge in [-0.25, -0.2) is 0 Å². The normalized spacial score (nSPS) is 10.5. The Morgan fingerprint density at radius 2 is 2.05 bits per heavy atom. The topological polar surface area (TPSA) is 89.7 Å². The van der Waals surface area contributed by atoms with Crippen LogP contribution < -0.4 is 11.3 Å². The Hall–Kier alpha value is -1.70. The number of amides is 1. The molecule has 0 unspecified atom stereocenters. The first-order valence-corrected chi connectivity index (χ1v) is 6.84. The van der Waals surface area contributed by atoms with Crippen molar-refractivity contribution in [3.05, 3.63) is 23.5 Å². The van der Waals surface area contributed by atoms with Gasteiger partial charge in [0.1, 0.15) is 0 Å². The van der Waals surface area contributed by atoms with Crippen LogP contribution in [0.5, 0.6) is 0 Å². The van der Waals surface area contributed by atoms with Crippen LogP contribution in [0.1, 0.15) is 22.5 Å². The van der Waals surface area contributed by atoms with E-state index in [1.54, 1.807) is 31.4 Å². The van der Waals surface area contributed by atoms with Gasteiger partial charge in [-0.3, -0.25) is 15.6 Å². The minimum Gasteiger partial charge on any atom is -0.385 e. The standard InChI is InChI=1S/C14H24N4O3/c1-11-9-13(17-15)12(10-16-11)14(19)18(6-8-21-3)5-4-7-20-2/h9-10H,4-8,15H2,1-3H3,(H,16,17). The highest BCUT2D eigenvalue weighted by Gasteiger charge is 2.19. The Labute approximate surface area is 125 Å². The number of rotatable bonds is 9. The number of aryl methyl sites for hydroxylation is 1. The Balaban J connectivity index is 2.87. The van der Waals surface area contributed by atoms with Crippen molar-refractivity contribution < 1.29 is 14.3 Å². The van der Waals surface area contributed by atoms with E-state index in [4.69, 9.17) is 15.3 Å². The van der Waals surface area contributed by atoms with Crippen molar-refractivity contribution >= 4 is 11.6 Å². The molecule has 0 atom stereocenters. The molecule has 1 rings (SSSR count). The second-order valence-electron chi connectivity index (χ2n) is 4.65. The van der Waals surface area contributed by atoms with Crippen LogP contribution in [0.4, 0.5) is 5.69 Å². The molecule has 1 aromatic heterocycles. The molecular formula is C14H24N4O3. The maximum Gasteiger partial charge on any atom is 0.257 e. The summed E-state index contributed by atoms with van der Waals surface area (Å²) in [5.41, 5.74) is 4.37. The number of carbonyl (C=O) groups excluding carboxylic acids is 1. The van der Waals surface area contributed by atoms with Crippen LogP contribution in [0.25, 0.3) is 0 Å². The van der Waals surface area contributed by atoms with E-state index in [2.05, 4.69) is 10.4 Å². The Morgan fingerprint density at radius 3 is 2.67 bits per heavy atom. The van der Waals surface area contributed by atoms with Gasteiger partial charge >= 0.3 is 0 Å². The fraction of sp³-hybridized carbons (Fsp3) is 0.571. The zero-order chi connectivity index (χ0) is 15.7. The highest BCUT2D eigenvalue weighted by molar-refractivity contribution is 5.99. The fourth-order valence-corrected chi connectivity index (χ4v) is 1.94. The number of aromatic nitrogens is 1. The average molecular weight is 296 g/mol. The van der Waals surface area contributed by atoms with E-state index in [-0.39, 0.29) is 5.91 Å². The van der Waals surface area contributed by atoms with E-state index in [9.17, 15) is 4.79 Å². The van der Waals surface area contributed by atoms with Crippen molar-refractivity contribution in [2.45, 2.75) is 13.3 Å². The number of nitrogens with zero attached hydrogens (tertiary/aromatic N) is 2. The number of hydrogen-bond acceptors (Lipinski definition) is 6. The summed E-state index contributed by atoms with van der Waals surface area (Å²) in [6, 6.07) is 1.75. The van der Waals surface area contributed by atoms with Crippen molar-refractivity contribution in [3.63, 3.8) is 0 Å². The first-order chi connectivity index (χ1) is 10.1. The Morgan fingerprint density at radius 1 is 1.33 bits per heavy atom. The molecule has 0 saturated heterocycles. The maximum atomic E-state index is 12.6. The Bertz CT molecular complexity index is 454. The third kappa shape index (κ3) is 5.30. The largest absolute Gasteiger partial charge is 0.385 e. The predicted molar refractivity (Wildman–Crippen MR) is 81.1 cm³/mol. The predicted octanol–water partition coefficient (Wildman–Crippen LogP) is 0.801. The van der Waals surface area contributed by atoms with Gasteiger partial charge in [0.05, 0.1) is 17.9 Å². The summed E-state index contributed by atoms with van der Waals surface area (Å²) in [5, 5.41) is 0. The van der Waals surface area contributed by atoms with Gasteiger partial charge in [-0.1, -0.05) is 0 Å². The molecule has 0 radical (unpaired) electrons. The lowest BCUT2D eigenvalue weighted by atomic mass is 10.2. The smallest absolute Gasteiger partial charge is 0.257 e. The number of hydrazine groups is 1. The van der Waals surface area contributed by atoms with Gasteiger partial charge in [-0.15, -0.1) is 0 Å². The van der Waals surface area contributed by atoms with Crippen molar-refractivity contribution in [2.24, 2.45) is 5.84 Å². The van der Waals surface area contributed by atoms with Gasteiger partial charge in [0.2, 0.25) is 0 Å². The highest BCUT2D eigenvalue weighted by atomic mass is 16.5. The molecule has 118 valence electrons. The van der Waals surface area contributed by atoms with Crippen LogP contribution in [-0.2, 0) is 9.47 Å². The number of nitrogens with two attached hydrogens (primary N) is 1. The summed E-state index contributed by atoms with van der Waals surface area (Å²) in [4.78, 5) is 18.5. The first-order valence-electron chi connectivity index (χ1n) is 6.84. The van der Waals surface area contributed by atoms with Crippen molar-refractivity contribution in [1.82, 2.24) is 9.88 Å². The number of methoxy groups -OCH3 is 2. The maximum absolute atomic E-state index is 12.6. The summed E-state index contributed by atoms with van der Waals surface area (Å²) in [6.45, 7) is 4.02. The highest BCUT2D eigenvalue weighted by Crippen LogP contribution is 2.17. The van der Waals surface area contributed by atoms with Crippen molar-refractivity contribution in [2.75, 3.05) is 45.9 Å². The van der Waals surface area contributed by atoms with Crippen LogP contribution in [-0.4, -0.2) is 56.3 Å². The van der Waals surface area contributed by atoms with Crippen LogP contribution in [0.3, 0.4) is 0 Å². The molecule has 1 aromatic rings. The van der Waals surface area contributed by atoms with E-state index in [0.29, 0.717) is 37.6 Å². The van der Waals surface area contributed by atoms with Gasteiger partial charge in [0, 0.05) is 45.8 Å². The second-order valence-corrected chi connectivity index (χ2v) is 4.65. The lowest BCUT2D eigenvalue weighted by Gasteiger charge is -2.23. The van der Waals surface area contributed by atoms with Gasteiger partial charge < -0.3 is 19.8 Å². The monoisotopic (exact) mass is 296 g/mol. The van der Waals surface area contributed by atoms with E-state index in [1.165, 1.54) is 0 Å². The van der Waals surface area contributed by atoms with E-state index >= 15 is 0 Å². The van der Waals surface area contributed by atoms with Crippen LogP contribution in [0.2, 0.25) is 0 Å². The lowest BCUT2D eigenvalue weighted by Crippen LogP contribution is -2.36. The number of hydrogen-bond donors (Lipinski definition) is 2. The Kier molecular flexibility index (Phi) is 7.66. The summed E-state index contributed by atoms with van der Waals surface area (Å²) >= 11 is 0. The minimum absolute atomic E-state index is 0.122. The third-order valence-corrected chi connectivity index (χ3v) is 3.06. The molecular weight excluding hydrogens is 272 g/mol. The molecule has 0 aliphatic heterocycles. The van der Waals surface area contributed by atoms with Gasteiger partial charge in [-0.05, 0) is 19.4 Å². The number of nitrogen functional groups attached to an aromatic ring is 1. The molecule has 0 spiro atoms. The first kappa shape index (κ1) is 17.4. The SMILES string of the molecule is COCCCN(CCOC)C(=O)c1cnc(C)cc1NN. The zero-order valence-electron chi connectivity index (χ0n) is 12.9. The van der Waals surface area contributed by atoms with E-state index in [0.717, 1.165) is 12.1 Å². The van der Waals surface area contributed by atoms with Crippen LogP contribution in [0.15, 0.2) is 12.3 Å². The van der Waals surface area contributed by atoms with Gasteiger partial charge in [0.15, 0.2) is 0 Å². The number of anilines is 1. The summed E-state index contributed by atoms with van der Waals surface area (Å²) in [5.74, 6) is 5.36. The molecule has 21 heavy (non-hydrogen) atoms. The molecule has 7 heteroatoms. The van der Waals surface area contributed by atoms with Gasteiger partial charge in [0.25, 0.3) is 5.91 Å². The van der Waals surface area contributed by atoms with Gasteiger partial charge in [-0.2, -0.15) is 0 Å². The van der Waals surface area contributed by atoms with Crippen LogP contribution in [0, 0.1) is 6.92 Å². The lowest BCUT2D eigenvalue weighted by molar-refractivity contribution is 0.0674. The van der Waals surface area contributed by atoms with E-state index < -0.39 is 0 Å². The zero-order valence-corrected chi connectivity index (χ0v) is 12.9.